The van der Waals surface area contributed by atoms with E-state index in [0.29, 0.717) is 17.2 Å². The molecule has 0 atom stereocenters. The number of imidazole rings is 2. The number of hydrogen-bond acceptors (Lipinski definition) is 4. The zero-order valence-corrected chi connectivity index (χ0v) is 18.5. The van der Waals surface area contributed by atoms with Crippen molar-refractivity contribution in [1.82, 2.24) is 19.1 Å². The van der Waals surface area contributed by atoms with Gasteiger partial charge in [0, 0.05) is 19.7 Å². The third kappa shape index (κ3) is 3.21. The molecular weight excluding hydrogens is 429 g/mol. The van der Waals surface area contributed by atoms with Gasteiger partial charge in [-0.3, -0.25) is 4.72 Å². The molecule has 2 heterocycles. The quantitative estimate of drug-likeness (QED) is 0.443. The van der Waals surface area contributed by atoms with E-state index in [4.69, 9.17) is 0 Å². The van der Waals surface area contributed by atoms with Gasteiger partial charge in [0.05, 0.1) is 39.6 Å². The first kappa shape index (κ1) is 20.2. The maximum atomic E-state index is 15.9. The second-order valence-corrected chi connectivity index (χ2v) is 9.44. The predicted molar refractivity (Wildman–Crippen MR) is 124 cm³/mol. The summed E-state index contributed by atoms with van der Waals surface area (Å²) in [7, 11) is -0.151. The molecule has 0 bridgehead atoms. The average molecular weight is 450 g/mol. The number of sulfonamides is 1. The van der Waals surface area contributed by atoms with Crippen LogP contribution in [0.3, 0.4) is 0 Å². The van der Waals surface area contributed by atoms with Gasteiger partial charge in [0.1, 0.15) is 11.6 Å². The Hall–Kier alpha value is -3.72. The summed E-state index contributed by atoms with van der Waals surface area (Å²) in [5, 5.41) is 0. The fourth-order valence-electron chi connectivity index (χ4n) is 3.99. The standard InChI is InChI=1S/C23H20FN5O2S/c1-28-18-10-6-4-8-16(18)25-22(28)14-12-13-15(21(20(14)24)27-32(3,30)31)23-26-17-9-5-7-11-19(17)29(23)2/h4-13,27H,1-3H3. The van der Waals surface area contributed by atoms with Crippen molar-refractivity contribution in [2.24, 2.45) is 14.1 Å². The summed E-state index contributed by atoms with van der Waals surface area (Å²) in [5.41, 5.74) is 3.53. The van der Waals surface area contributed by atoms with Crippen molar-refractivity contribution in [3.05, 3.63) is 66.5 Å². The molecule has 5 rings (SSSR count). The van der Waals surface area contributed by atoms with E-state index in [-0.39, 0.29) is 11.3 Å². The Kier molecular flexibility index (Phi) is 4.52. The van der Waals surface area contributed by atoms with Crippen LogP contribution in [-0.4, -0.2) is 33.8 Å². The number of nitrogens with zero attached hydrogens (tertiary/aromatic N) is 4. The highest BCUT2D eigenvalue weighted by Crippen LogP contribution is 2.37. The number of anilines is 1. The Labute approximate surface area is 184 Å². The summed E-state index contributed by atoms with van der Waals surface area (Å²) < 4.78 is 46.1. The first-order valence-electron chi connectivity index (χ1n) is 9.88. The Balaban J connectivity index is 1.78. The molecule has 0 aliphatic heterocycles. The van der Waals surface area contributed by atoms with Gasteiger partial charge in [-0.25, -0.2) is 22.8 Å². The molecule has 2 aromatic heterocycles. The van der Waals surface area contributed by atoms with Crippen molar-refractivity contribution in [2.75, 3.05) is 11.0 Å². The number of halogens is 1. The molecule has 0 aliphatic rings. The summed E-state index contributed by atoms with van der Waals surface area (Å²) in [4.78, 5) is 9.17. The van der Waals surface area contributed by atoms with E-state index in [2.05, 4.69) is 14.7 Å². The van der Waals surface area contributed by atoms with Gasteiger partial charge in [0.2, 0.25) is 10.0 Å². The largest absolute Gasteiger partial charge is 0.327 e. The Morgan fingerprint density at radius 1 is 0.781 bits per heavy atom. The molecule has 5 aromatic rings. The van der Waals surface area contributed by atoms with Gasteiger partial charge in [-0.05, 0) is 36.4 Å². The second kappa shape index (κ2) is 7.16. The molecule has 0 unspecified atom stereocenters. The van der Waals surface area contributed by atoms with Crippen LogP contribution in [0.4, 0.5) is 10.1 Å². The highest BCUT2D eigenvalue weighted by Gasteiger charge is 2.24. The third-order valence-electron chi connectivity index (χ3n) is 5.49. The number of aromatic nitrogens is 4. The maximum absolute atomic E-state index is 15.9. The van der Waals surface area contributed by atoms with E-state index < -0.39 is 15.8 Å². The molecule has 0 aliphatic carbocycles. The van der Waals surface area contributed by atoms with Crippen LogP contribution in [0.25, 0.3) is 44.8 Å². The Bertz CT molecular complexity index is 1620. The fourth-order valence-corrected chi connectivity index (χ4v) is 4.56. The lowest BCUT2D eigenvalue weighted by Gasteiger charge is -2.15. The van der Waals surface area contributed by atoms with Crippen LogP contribution >= 0.6 is 0 Å². The van der Waals surface area contributed by atoms with E-state index in [1.54, 1.807) is 23.7 Å². The first-order valence-corrected chi connectivity index (χ1v) is 11.8. The molecule has 0 amide bonds. The van der Waals surface area contributed by atoms with E-state index in [1.807, 2.05) is 60.1 Å². The molecule has 0 spiro atoms. The van der Waals surface area contributed by atoms with E-state index in [9.17, 15) is 8.42 Å². The van der Waals surface area contributed by atoms with Crippen molar-refractivity contribution in [3.8, 4) is 22.8 Å². The minimum absolute atomic E-state index is 0.157. The highest BCUT2D eigenvalue weighted by molar-refractivity contribution is 7.92. The average Bonchev–Trinajstić information content (AvgIpc) is 3.26. The SMILES string of the molecule is Cn1c(-c2ccc(-c3nc4ccccc4n3C)c(NS(C)(=O)=O)c2F)nc2ccccc21. The van der Waals surface area contributed by atoms with Gasteiger partial charge < -0.3 is 9.13 Å². The van der Waals surface area contributed by atoms with Crippen LogP contribution in [0.15, 0.2) is 60.7 Å². The summed E-state index contributed by atoms with van der Waals surface area (Å²) in [6, 6.07) is 18.3. The third-order valence-corrected chi connectivity index (χ3v) is 6.06. The van der Waals surface area contributed by atoms with Gasteiger partial charge in [0.15, 0.2) is 5.82 Å². The zero-order chi connectivity index (χ0) is 22.6. The summed E-state index contributed by atoms with van der Waals surface area (Å²) in [6.07, 6.45) is 0.993. The molecule has 7 nitrogen and oxygen atoms in total. The molecule has 0 saturated carbocycles. The lowest BCUT2D eigenvalue weighted by Crippen LogP contribution is -2.13. The maximum Gasteiger partial charge on any atom is 0.229 e. The topological polar surface area (TPSA) is 81.8 Å². The van der Waals surface area contributed by atoms with Crippen molar-refractivity contribution in [3.63, 3.8) is 0 Å². The second-order valence-electron chi connectivity index (χ2n) is 7.69. The lowest BCUT2D eigenvalue weighted by molar-refractivity contribution is 0.604. The summed E-state index contributed by atoms with van der Waals surface area (Å²) in [6.45, 7) is 0. The normalized spacial score (nSPS) is 12.0. The molecule has 0 radical (unpaired) electrons. The molecule has 3 aromatic carbocycles. The van der Waals surface area contributed by atoms with Crippen molar-refractivity contribution in [1.29, 1.82) is 0 Å². The van der Waals surface area contributed by atoms with Crippen LogP contribution in [0.5, 0.6) is 0 Å². The smallest absolute Gasteiger partial charge is 0.229 e. The van der Waals surface area contributed by atoms with Gasteiger partial charge in [-0.1, -0.05) is 24.3 Å². The lowest BCUT2D eigenvalue weighted by atomic mass is 10.1. The van der Waals surface area contributed by atoms with Crippen LogP contribution < -0.4 is 4.72 Å². The molecule has 9 heteroatoms. The minimum atomic E-state index is -3.76. The van der Waals surface area contributed by atoms with E-state index >= 15 is 4.39 Å². The van der Waals surface area contributed by atoms with Crippen molar-refractivity contribution >= 4 is 37.8 Å². The number of rotatable bonds is 4. The number of aryl methyl sites for hydroxylation is 2. The molecule has 0 saturated heterocycles. The number of fused-ring (bicyclic) bond motifs is 2. The van der Waals surface area contributed by atoms with Crippen LogP contribution in [0, 0.1) is 5.82 Å². The Morgan fingerprint density at radius 2 is 1.25 bits per heavy atom. The highest BCUT2D eigenvalue weighted by atomic mass is 32.2. The Morgan fingerprint density at radius 3 is 1.75 bits per heavy atom. The first-order chi connectivity index (χ1) is 15.2. The molecule has 0 fully saturated rings. The van der Waals surface area contributed by atoms with Crippen LogP contribution in [0.1, 0.15) is 0 Å². The van der Waals surface area contributed by atoms with Crippen molar-refractivity contribution in [2.45, 2.75) is 0 Å². The number of nitrogens with one attached hydrogen (secondary N) is 1. The molecule has 1 N–H and O–H groups in total. The minimum Gasteiger partial charge on any atom is -0.327 e. The zero-order valence-electron chi connectivity index (χ0n) is 17.7. The molecular formula is C23H20FN5O2S. The van der Waals surface area contributed by atoms with E-state index in [0.717, 1.165) is 28.3 Å². The predicted octanol–water partition coefficient (Wildman–Crippen LogP) is 4.30. The number of benzene rings is 3. The summed E-state index contributed by atoms with van der Waals surface area (Å²) >= 11 is 0. The van der Waals surface area contributed by atoms with E-state index in [1.165, 1.54) is 0 Å². The molecule has 162 valence electrons. The van der Waals surface area contributed by atoms with Crippen molar-refractivity contribution < 1.29 is 12.8 Å². The monoisotopic (exact) mass is 449 g/mol. The van der Waals surface area contributed by atoms with Crippen LogP contribution in [-0.2, 0) is 24.1 Å². The summed E-state index contributed by atoms with van der Waals surface area (Å²) in [5.74, 6) is 0.142. The van der Waals surface area contributed by atoms with Gasteiger partial charge >= 0.3 is 0 Å². The van der Waals surface area contributed by atoms with Crippen LogP contribution in [0.2, 0.25) is 0 Å². The van der Waals surface area contributed by atoms with Gasteiger partial charge in [-0.15, -0.1) is 0 Å². The molecule has 32 heavy (non-hydrogen) atoms. The number of hydrogen-bond donors (Lipinski definition) is 1. The number of para-hydroxylation sites is 4. The fraction of sp³-hybridized carbons (Fsp3) is 0.130. The van der Waals surface area contributed by atoms with Gasteiger partial charge in [-0.2, -0.15) is 0 Å². The van der Waals surface area contributed by atoms with Gasteiger partial charge in [0.25, 0.3) is 0 Å².